The maximum absolute atomic E-state index is 12.7. The lowest BCUT2D eigenvalue weighted by Crippen LogP contribution is -2.36. The summed E-state index contributed by atoms with van der Waals surface area (Å²) in [5.74, 6) is 0.290. The molecular weight excluding hydrogens is 362 g/mol. The van der Waals surface area contributed by atoms with Crippen LogP contribution in [0.1, 0.15) is 23.5 Å². The molecule has 2 heterocycles. The zero-order valence-corrected chi connectivity index (χ0v) is 16.0. The van der Waals surface area contributed by atoms with Gasteiger partial charge in [-0.25, -0.2) is 4.98 Å². The number of benzene rings is 1. The predicted molar refractivity (Wildman–Crippen MR) is 105 cm³/mol. The third-order valence-corrected chi connectivity index (χ3v) is 4.92. The van der Waals surface area contributed by atoms with E-state index in [0.717, 1.165) is 5.56 Å². The average molecular weight is 383 g/mol. The number of hydrogen-bond donors (Lipinski definition) is 2. The van der Waals surface area contributed by atoms with Crippen molar-refractivity contribution in [3.63, 3.8) is 0 Å². The van der Waals surface area contributed by atoms with Crippen molar-refractivity contribution in [2.45, 2.75) is 13.8 Å². The van der Waals surface area contributed by atoms with Crippen LogP contribution >= 0.6 is 11.3 Å². The number of amides is 2. The van der Waals surface area contributed by atoms with Crippen molar-refractivity contribution in [2.75, 3.05) is 13.1 Å². The van der Waals surface area contributed by atoms with Gasteiger partial charge in [0, 0.05) is 24.6 Å². The molecule has 3 rings (SSSR count). The van der Waals surface area contributed by atoms with Crippen LogP contribution in [0.4, 0.5) is 0 Å². The van der Waals surface area contributed by atoms with Crippen molar-refractivity contribution >= 4 is 23.2 Å². The van der Waals surface area contributed by atoms with Gasteiger partial charge in [0.1, 0.15) is 4.88 Å². The largest absolute Gasteiger partial charge is 0.462 e. The van der Waals surface area contributed by atoms with E-state index in [9.17, 15) is 9.59 Å². The van der Waals surface area contributed by atoms with E-state index in [1.807, 2.05) is 50.2 Å². The van der Waals surface area contributed by atoms with Crippen molar-refractivity contribution in [3.05, 3.63) is 53.6 Å². The first kappa shape index (κ1) is 18.8. The summed E-state index contributed by atoms with van der Waals surface area (Å²) < 4.78 is 5.42. The minimum Gasteiger partial charge on any atom is -0.462 e. The molecule has 7 heteroatoms. The second-order valence-corrected chi connectivity index (χ2v) is 7.24. The van der Waals surface area contributed by atoms with E-state index < -0.39 is 0 Å². The highest BCUT2D eigenvalue weighted by molar-refractivity contribution is 7.17. The standard InChI is InChI=1S/C20H21N3O3S/c1-13(2)18(24)21-10-11-22-19(25)17-16(14-7-4-3-5-8-14)23-20(27-17)15-9-6-12-26-15/h3-9,12-13H,10-11H2,1-2H3,(H,21,24)(H,22,25). The summed E-state index contributed by atoms with van der Waals surface area (Å²) in [7, 11) is 0. The van der Waals surface area contributed by atoms with E-state index >= 15 is 0 Å². The van der Waals surface area contributed by atoms with Gasteiger partial charge in [-0.3, -0.25) is 9.59 Å². The van der Waals surface area contributed by atoms with E-state index in [0.29, 0.717) is 34.4 Å². The summed E-state index contributed by atoms with van der Waals surface area (Å²) in [6.07, 6.45) is 1.58. The van der Waals surface area contributed by atoms with Crippen LogP contribution in [0.15, 0.2) is 53.1 Å². The van der Waals surface area contributed by atoms with Gasteiger partial charge >= 0.3 is 0 Å². The lowest BCUT2D eigenvalue weighted by Gasteiger charge is -2.08. The van der Waals surface area contributed by atoms with Gasteiger partial charge in [0.15, 0.2) is 10.8 Å². The molecule has 2 N–H and O–H groups in total. The fourth-order valence-electron chi connectivity index (χ4n) is 2.42. The van der Waals surface area contributed by atoms with Crippen molar-refractivity contribution in [1.29, 1.82) is 0 Å². The molecule has 0 saturated carbocycles. The first-order chi connectivity index (χ1) is 13.1. The summed E-state index contributed by atoms with van der Waals surface area (Å²) in [4.78, 5) is 29.4. The van der Waals surface area contributed by atoms with E-state index in [4.69, 9.17) is 4.42 Å². The predicted octanol–water partition coefficient (Wildman–Crippen LogP) is 3.57. The molecule has 3 aromatic rings. The molecule has 0 radical (unpaired) electrons. The van der Waals surface area contributed by atoms with Crippen LogP contribution in [0.2, 0.25) is 0 Å². The molecule has 0 fully saturated rings. The van der Waals surface area contributed by atoms with E-state index in [1.54, 1.807) is 12.3 Å². The molecule has 0 spiro atoms. The number of furan rings is 1. The fourth-order valence-corrected chi connectivity index (χ4v) is 3.39. The summed E-state index contributed by atoms with van der Waals surface area (Å²) in [6, 6.07) is 13.2. The highest BCUT2D eigenvalue weighted by Crippen LogP contribution is 2.33. The Balaban J connectivity index is 1.77. The Morgan fingerprint density at radius 1 is 1.07 bits per heavy atom. The zero-order chi connectivity index (χ0) is 19.2. The molecule has 0 saturated heterocycles. The molecule has 2 amide bonds. The Morgan fingerprint density at radius 2 is 1.81 bits per heavy atom. The SMILES string of the molecule is CC(C)C(=O)NCCNC(=O)c1sc(-c2ccco2)nc1-c1ccccc1. The molecule has 0 aliphatic carbocycles. The number of rotatable bonds is 7. The van der Waals surface area contributed by atoms with Crippen LogP contribution in [0.3, 0.4) is 0 Å². The summed E-state index contributed by atoms with van der Waals surface area (Å²) >= 11 is 1.29. The highest BCUT2D eigenvalue weighted by Gasteiger charge is 2.21. The van der Waals surface area contributed by atoms with Gasteiger partial charge in [0.2, 0.25) is 5.91 Å². The number of aromatic nitrogens is 1. The first-order valence-corrected chi connectivity index (χ1v) is 9.54. The lowest BCUT2D eigenvalue weighted by molar-refractivity contribution is -0.123. The first-order valence-electron chi connectivity index (χ1n) is 8.72. The second kappa shape index (κ2) is 8.64. The molecule has 0 unspecified atom stereocenters. The van der Waals surface area contributed by atoms with Crippen molar-refractivity contribution in [1.82, 2.24) is 15.6 Å². The normalized spacial score (nSPS) is 10.8. The molecule has 27 heavy (non-hydrogen) atoms. The molecule has 140 valence electrons. The number of nitrogens with one attached hydrogen (secondary N) is 2. The van der Waals surface area contributed by atoms with Crippen LogP contribution in [0, 0.1) is 5.92 Å². The summed E-state index contributed by atoms with van der Waals surface area (Å²) in [5.41, 5.74) is 1.49. The van der Waals surface area contributed by atoms with Crippen LogP contribution in [-0.2, 0) is 4.79 Å². The third kappa shape index (κ3) is 4.62. The Hall–Kier alpha value is -2.93. The molecule has 0 aliphatic rings. The zero-order valence-electron chi connectivity index (χ0n) is 15.2. The smallest absolute Gasteiger partial charge is 0.263 e. The molecule has 2 aromatic heterocycles. The summed E-state index contributed by atoms with van der Waals surface area (Å²) in [5, 5.41) is 6.28. The fraction of sp³-hybridized carbons (Fsp3) is 0.250. The maximum atomic E-state index is 12.7. The Morgan fingerprint density at radius 3 is 2.48 bits per heavy atom. The lowest BCUT2D eigenvalue weighted by atomic mass is 10.1. The van der Waals surface area contributed by atoms with Gasteiger partial charge < -0.3 is 15.1 Å². The second-order valence-electron chi connectivity index (χ2n) is 6.24. The van der Waals surface area contributed by atoms with Gasteiger partial charge in [-0.1, -0.05) is 44.2 Å². The van der Waals surface area contributed by atoms with E-state index in [-0.39, 0.29) is 17.7 Å². The van der Waals surface area contributed by atoms with Gasteiger partial charge in [-0.2, -0.15) is 0 Å². The number of nitrogens with zero attached hydrogens (tertiary/aromatic N) is 1. The molecule has 0 bridgehead atoms. The van der Waals surface area contributed by atoms with E-state index in [1.165, 1.54) is 11.3 Å². The van der Waals surface area contributed by atoms with Crippen LogP contribution in [0.5, 0.6) is 0 Å². The third-order valence-electron chi connectivity index (χ3n) is 3.85. The Bertz CT molecular complexity index is 902. The average Bonchev–Trinajstić information content (AvgIpc) is 3.34. The summed E-state index contributed by atoms with van der Waals surface area (Å²) in [6.45, 7) is 4.38. The number of carbonyl (C=O) groups excluding carboxylic acids is 2. The minimum absolute atomic E-state index is 0.0351. The Kier molecular flexibility index (Phi) is 6.03. The number of thiazole rings is 1. The van der Waals surface area contributed by atoms with Crippen LogP contribution in [0.25, 0.3) is 22.0 Å². The topological polar surface area (TPSA) is 84.2 Å². The Labute approximate surface area is 161 Å². The molecule has 0 aliphatic heterocycles. The molecule has 6 nitrogen and oxygen atoms in total. The molecule has 0 atom stereocenters. The minimum atomic E-state index is -0.219. The molecular formula is C20H21N3O3S. The highest BCUT2D eigenvalue weighted by atomic mass is 32.1. The number of hydrogen-bond acceptors (Lipinski definition) is 5. The van der Waals surface area contributed by atoms with Gasteiger partial charge in [0.25, 0.3) is 5.91 Å². The van der Waals surface area contributed by atoms with Crippen molar-refractivity contribution < 1.29 is 14.0 Å². The van der Waals surface area contributed by atoms with Crippen molar-refractivity contribution in [3.8, 4) is 22.0 Å². The van der Waals surface area contributed by atoms with E-state index in [2.05, 4.69) is 15.6 Å². The van der Waals surface area contributed by atoms with Crippen LogP contribution < -0.4 is 10.6 Å². The van der Waals surface area contributed by atoms with Gasteiger partial charge in [-0.15, -0.1) is 11.3 Å². The van der Waals surface area contributed by atoms with Crippen LogP contribution in [-0.4, -0.2) is 29.9 Å². The quantitative estimate of drug-likeness (QED) is 0.611. The molecule has 1 aromatic carbocycles. The maximum Gasteiger partial charge on any atom is 0.263 e. The number of carbonyl (C=O) groups is 2. The van der Waals surface area contributed by atoms with Gasteiger partial charge in [0.05, 0.1) is 12.0 Å². The monoisotopic (exact) mass is 383 g/mol. The van der Waals surface area contributed by atoms with Gasteiger partial charge in [-0.05, 0) is 12.1 Å². The van der Waals surface area contributed by atoms with Crippen molar-refractivity contribution in [2.24, 2.45) is 5.92 Å².